The fourth-order valence-corrected chi connectivity index (χ4v) is 3.57. The number of hydrogen-bond donors (Lipinski definition) is 1. The summed E-state index contributed by atoms with van der Waals surface area (Å²) in [7, 11) is -3.85. The molecule has 2 aromatic carbocycles. The first-order valence-electron chi connectivity index (χ1n) is 9.03. The van der Waals surface area contributed by atoms with Gasteiger partial charge < -0.3 is 13.9 Å². The summed E-state index contributed by atoms with van der Waals surface area (Å²) in [6.45, 7) is 1.69. The maximum Gasteiger partial charge on any atom is 0.338 e. The summed E-state index contributed by atoms with van der Waals surface area (Å²) in [4.78, 5) is 12.3. The third kappa shape index (κ3) is 5.68. The quantitative estimate of drug-likeness (QED) is 0.410. The van der Waals surface area contributed by atoms with E-state index in [-0.39, 0.29) is 36.0 Å². The Labute approximate surface area is 173 Å². The van der Waals surface area contributed by atoms with Crippen molar-refractivity contribution in [3.63, 3.8) is 0 Å². The molecule has 3 aromatic rings. The second kappa shape index (κ2) is 9.55. The molecule has 0 spiro atoms. The van der Waals surface area contributed by atoms with E-state index in [1.54, 1.807) is 19.1 Å². The largest absolute Gasteiger partial charge is 0.490 e. The van der Waals surface area contributed by atoms with Gasteiger partial charge in [0.1, 0.15) is 30.5 Å². The number of nitrogens with one attached hydrogen (secondary N) is 1. The van der Waals surface area contributed by atoms with Crippen molar-refractivity contribution in [2.75, 3.05) is 13.2 Å². The maximum atomic E-state index is 12.9. The molecule has 3 rings (SSSR count). The van der Waals surface area contributed by atoms with Crippen LogP contribution in [-0.4, -0.2) is 27.6 Å². The lowest BCUT2D eigenvalue weighted by molar-refractivity contribution is 0.0449. The molecule has 0 aliphatic heterocycles. The Morgan fingerprint density at radius 1 is 1.10 bits per heavy atom. The topological polar surface area (TPSA) is 94.8 Å². The Hall–Kier alpha value is -3.17. The van der Waals surface area contributed by atoms with Gasteiger partial charge in [0.05, 0.1) is 23.3 Å². The van der Waals surface area contributed by atoms with Crippen LogP contribution in [0.25, 0.3) is 0 Å². The molecule has 0 fully saturated rings. The van der Waals surface area contributed by atoms with E-state index in [4.69, 9.17) is 13.9 Å². The average molecular weight is 433 g/mol. The van der Waals surface area contributed by atoms with E-state index < -0.39 is 16.0 Å². The molecule has 0 atom stereocenters. The fraction of sp³-hybridized carbons (Fsp3) is 0.190. The van der Waals surface area contributed by atoms with Crippen molar-refractivity contribution in [2.24, 2.45) is 0 Å². The Kier molecular flexibility index (Phi) is 6.86. The third-order valence-corrected chi connectivity index (χ3v) is 5.55. The molecule has 158 valence electrons. The minimum Gasteiger partial charge on any atom is -0.490 e. The van der Waals surface area contributed by atoms with Gasteiger partial charge >= 0.3 is 5.97 Å². The van der Waals surface area contributed by atoms with Crippen molar-refractivity contribution < 1.29 is 31.5 Å². The minimum atomic E-state index is -3.85. The van der Waals surface area contributed by atoms with Crippen LogP contribution in [-0.2, 0) is 21.3 Å². The van der Waals surface area contributed by atoms with Crippen molar-refractivity contribution in [1.82, 2.24) is 4.72 Å². The van der Waals surface area contributed by atoms with Gasteiger partial charge in [-0.2, -0.15) is 0 Å². The van der Waals surface area contributed by atoms with Gasteiger partial charge in [-0.1, -0.05) is 6.07 Å². The molecule has 30 heavy (non-hydrogen) atoms. The molecule has 0 aliphatic carbocycles. The fourth-order valence-electron chi connectivity index (χ4n) is 2.55. The van der Waals surface area contributed by atoms with Gasteiger partial charge in [-0.15, -0.1) is 0 Å². The lowest BCUT2D eigenvalue weighted by Gasteiger charge is -2.11. The molecule has 0 unspecified atom stereocenters. The number of hydrogen-bond acceptors (Lipinski definition) is 6. The van der Waals surface area contributed by atoms with Crippen molar-refractivity contribution in [2.45, 2.75) is 18.4 Å². The molecular formula is C21H20FNO6S. The second-order valence-corrected chi connectivity index (χ2v) is 8.09. The first-order chi connectivity index (χ1) is 14.3. The summed E-state index contributed by atoms with van der Waals surface area (Å²) in [6, 6.07) is 13.0. The van der Waals surface area contributed by atoms with Crippen molar-refractivity contribution in [3.8, 4) is 5.75 Å². The van der Waals surface area contributed by atoms with Gasteiger partial charge in [-0.3, -0.25) is 0 Å². The molecule has 0 amide bonds. The number of benzene rings is 2. The zero-order chi connectivity index (χ0) is 21.6. The average Bonchev–Trinajstić information content (AvgIpc) is 3.25. The number of furan rings is 1. The summed E-state index contributed by atoms with van der Waals surface area (Å²) in [5.74, 6) is -0.137. The van der Waals surface area contributed by atoms with Crippen LogP contribution in [0.4, 0.5) is 4.39 Å². The van der Waals surface area contributed by atoms with Crippen LogP contribution in [0.2, 0.25) is 0 Å². The standard InChI is InChI=1S/C21H20FNO6S/c1-15-4-9-19(30(25,26)23-14-18-3-2-10-27-18)13-20(15)21(24)29-12-11-28-17-7-5-16(22)6-8-17/h2-10,13,23H,11-12,14H2,1H3. The first kappa shape index (κ1) is 21.5. The summed E-state index contributed by atoms with van der Waals surface area (Å²) >= 11 is 0. The van der Waals surface area contributed by atoms with Crippen LogP contribution in [0.1, 0.15) is 21.7 Å². The van der Waals surface area contributed by atoms with E-state index in [2.05, 4.69) is 4.72 Å². The molecule has 9 heteroatoms. The smallest absolute Gasteiger partial charge is 0.338 e. The van der Waals surface area contributed by atoms with E-state index in [9.17, 15) is 17.6 Å². The monoisotopic (exact) mass is 433 g/mol. The molecule has 0 radical (unpaired) electrons. The lowest BCUT2D eigenvalue weighted by Crippen LogP contribution is -2.23. The number of carbonyl (C=O) groups excluding carboxylic acids is 1. The Balaban J connectivity index is 1.59. The summed E-state index contributed by atoms with van der Waals surface area (Å²) in [6.07, 6.45) is 1.45. The zero-order valence-corrected chi connectivity index (χ0v) is 16.9. The highest BCUT2D eigenvalue weighted by atomic mass is 32.2. The van der Waals surface area contributed by atoms with Gasteiger partial charge in [0.15, 0.2) is 0 Å². The van der Waals surface area contributed by atoms with Crippen LogP contribution >= 0.6 is 0 Å². The Bertz CT molecular complexity index is 1100. The summed E-state index contributed by atoms with van der Waals surface area (Å²) in [5.41, 5.74) is 0.710. The van der Waals surface area contributed by atoms with Crippen molar-refractivity contribution in [1.29, 1.82) is 0 Å². The number of esters is 1. The molecule has 1 N–H and O–H groups in total. The van der Waals surface area contributed by atoms with Gasteiger partial charge in [-0.05, 0) is 61.0 Å². The second-order valence-electron chi connectivity index (χ2n) is 6.32. The normalized spacial score (nSPS) is 11.3. The van der Waals surface area contributed by atoms with Crippen molar-refractivity contribution >= 4 is 16.0 Å². The summed E-state index contributed by atoms with van der Waals surface area (Å²) < 4.78 is 55.9. The van der Waals surface area contributed by atoms with E-state index in [1.807, 2.05) is 0 Å². The van der Waals surface area contributed by atoms with E-state index in [1.165, 1.54) is 48.7 Å². The number of carbonyl (C=O) groups is 1. The highest BCUT2D eigenvalue weighted by Crippen LogP contribution is 2.17. The molecular weight excluding hydrogens is 413 g/mol. The van der Waals surface area contributed by atoms with Gasteiger partial charge in [0.2, 0.25) is 10.0 Å². The zero-order valence-electron chi connectivity index (χ0n) is 16.1. The van der Waals surface area contributed by atoms with Crippen LogP contribution in [0.15, 0.2) is 70.2 Å². The molecule has 1 heterocycles. The molecule has 1 aromatic heterocycles. The number of ether oxygens (including phenoxy) is 2. The highest BCUT2D eigenvalue weighted by molar-refractivity contribution is 7.89. The number of rotatable bonds is 9. The maximum absolute atomic E-state index is 12.9. The predicted molar refractivity (Wildman–Crippen MR) is 106 cm³/mol. The SMILES string of the molecule is Cc1ccc(S(=O)(=O)NCc2ccco2)cc1C(=O)OCCOc1ccc(F)cc1. The van der Waals surface area contributed by atoms with Gasteiger partial charge in [0.25, 0.3) is 0 Å². The van der Waals surface area contributed by atoms with Crippen molar-refractivity contribution in [3.05, 3.63) is 83.6 Å². The lowest BCUT2D eigenvalue weighted by atomic mass is 10.1. The first-order valence-corrected chi connectivity index (χ1v) is 10.5. The van der Waals surface area contributed by atoms with Crippen LogP contribution in [0.3, 0.4) is 0 Å². The Morgan fingerprint density at radius 2 is 1.87 bits per heavy atom. The van der Waals surface area contributed by atoms with E-state index >= 15 is 0 Å². The predicted octanol–water partition coefficient (Wildman–Crippen LogP) is 3.44. The van der Waals surface area contributed by atoms with Crippen LogP contribution in [0.5, 0.6) is 5.75 Å². The highest BCUT2D eigenvalue weighted by Gasteiger charge is 2.19. The van der Waals surface area contributed by atoms with Gasteiger partial charge in [-0.25, -0.2) is 22.3 Å². The number of sulfonamides is 1. The van der Waals surface area contributed by atoms with Crippen LogP contribution < -0.4 is 9.46 Å². The minimum absolute atomic E-state index is 0.0102. The molecule has 0 saturated heterocycles. The number of aryl methyl sites for hydroxylation is 1. The molecule has 0 saturated carbocycles. The van der Waals surface area contributed by atoms with E-state index in [0.717, 1.165) is 0 Å². The third-order valence-electron chi connectivity index (χ3n) is 4.15. The van der Waals surface area contributed by atoms with Gasteiger partial charge in [0, 0.05) is 0 Å². The molecule has 7 nitrogen and oxygen atoms in total. The molecule has 0 aliphatic rings. The Morgan fingerprint density at radius 3 is 2.57 bits per heavy atom. The number of halogens is 1. The molecule has 0 bridgehead atoms. The summed E-state index contributed by atoms with van der Waals surface area (Å²) in [5, 5.41) is 0. The van der Waals surface area contributed by atoms with E-state index in [0.29, 0.717) is 17.1 Å². The van der Waals surface area contributed by atoms with Crippen LogP contribution in [0, 0.1) is 12.7 Å².